The molecule has 7 heteroatoms. The molecule has 0 amide bonds. The van der Waals surface area contributed by atoms with Gasteiger partial charge in [0.1, 0.15) is 11.9 Å². The molecule has 172 valence electrons. The SMILES string of the molecule is CCOC(=O)C1C=C(c2ccc(N3CCOCC3)cc2)C(C(C)=N)=C(Nc2ccccc2)N1. The molecule has 2 aromatic rings. The molecule has 0 aliphatic carbocycles. The number of dihydropyridines is 1. The van der Waals surface area contributed by atoms with Crippen LogP contribution in [0.3, 0.4) is 0 Å². The number of allylic oxidation sites excluding steroid dienone is 2. The Kier molecular flexibility index (Phi) is 7.10. The van der Waals surface area contributed by atoms with Gasteiger partial charge in [0.15, 0.2) is 0 Å². The first-order valence-electron chi connectivity index (χ1n) is 11.3. The lowest BCUT2D eigenvalue weighted by Gasteiger charge is -2.30. The van der Waals surface area contributed by atoms with Crippen LogP contribution in [0.5, 0.6) is 0 Å². The van der Waals surface area contributed by atoms with E-state index in [1.807, 2.05) is 48.5 Å². The molecule has 0 saturated carbocycles. The van der Waals surface area contributed by atoms with E-state index in [4.69, 9.17) is 14.9 Å². The fourth-order valence-electron chi connectivity index (χ4n) is 4.08. The van der Waals surface area contributed by atoms with Gasteiger partial charge in [-0.1, -0.05) is 30.3 Å². The smallest absolute Gasteiger partial charge is 0.332 e. The number of para-hydroxylation sites is 1. The van der Waals surface area contributed by atoms with Crippen molar-refractivity contribution in [2.24, 2.45) is 0 Å². The van der Waals surface area contributed by atoms with Crippen molar-refractivity contribution in [3.05, 3.63) is 77.6 Å². The van der Waals surface area contributed by atoms with Gasteiger partial charge in [0.05, 0.1) is 19.8 Å². The number of carbonyl (C=O) groups is 1. The number of benzene rings is 2. The van der Waals surface area contributed by atoms with Crippen LogP contribution in [0, 0.1) is 5.41 Å². The summed E-state index contributed by atoms with van der Waals surface area (Å²) in [6.07, 6.45) is 1.85. The number of nitrogens with one attached hydrogen (secondary N) is 3. The topological polar surface area (TPSA) is 86.7 Å². The Morgan fingerprint density at radius 1 is 1.15 bits per heavy atom. The minimum absolute atomic E-state index is 0.302. The van der Waals surface area contributed by atoms with Gasteiger partial charge in [-0.05, 0) is 55.3 Å². The fourth-order valence-corrected chi connectivity index (χ4v) is 4.08. The van der Waals surface area contributed by atoms with Gasteiger partial charge in [0.25, 0.3) is 0 Å². The molecular formula is C26H30N4O3. The Morgan fingerprint density at radius 2 is 1.85 bits per heavy atom. The predicted octanol–water partition coefficient (Wildman–Crippen LogP) is 3.80. The van der Waals surface area contributed by atoms with Gasteiger partial charge in [-0.2, -0.15) is 0 Å². The summed E-state index contributed by atoms with van der Waals surface area (Å²) < 4.78 is 10.7. The van der Waals surface area contributed by atoms with E-state index in [-0.39, 0.29) is 5.97 Å². The molecule has 33 heavy (non-hydrogen) atoms. The van der Waals surface area contributed by atoms with Gasteiger partial charge in [-0.3, -0.25) is 0 Å². The monoisotopic (exact) mass is 446 g/mol. The number of carbonyl (C=O) groups excluding carboxylic acids is 1. The average Bonchev–Trinajstić information content (AvgIpc) is 2.85. The van der Waals surface area contributed by atoms with E-state index in [1.165, 1.54) is 0 Å². The molecule has 1 fully saturated rings. The van der Waals surface area contributed by atoms with E-state index < -0.39 is 6.04 Å². The molecule has 2 aliphatic rings. The zero-order chi connectivity index (χ0) is 23.2. The molecule has 1 atom stereocenters. The van der Waals surface area contributed by atoms with Crippen LogP contribution in [0.25, 0.3) is 5.57 Å². The molecule has 2 heterocycles. The van der Waals surface area contributed by atoms with Gasteiger partial charge in [0, 0.05) is 35.7 Å². The Hall–Kier alpha value is -3.58. The Labute approximate surface area is 194 Å². The van der Waals surface area contributed by atoms with Crippen molar-refractivity contribution in [3.63, 3.8) is 0 Å². The van der Waals surface area contributed by atoms with Gasteiger partial charge < -0.3 is 30.4 Å². The third-order valence-corrected chi connectivity index (χ3v) is 5.67. The molecular weight excluding hydrogens is 416 g/mol. The fraction of sp³-hybridized carbons (Fsp3) is 0.308. The van der Waals surface area contributed by atoms with Gasteiger partial charge in [-0.15, -0.1) is 0 Å². The maximum absolute atomic E-state index is 12.7. The minimum Gasteiger partial charge on any atom is -0.464 e. The number of hydrogen-bond donors (Lipinski definition) is 3. The first-order valence-corrected chi connectivity index (χ1v) is 11.3. The van der Waals surface area contributed by atoms with Crippen molar-refractivity contribution in [3.8, 4) is 0 Å². The first kappa shape index (κ1) is 22.6. The highest BCUT2D eigenvalue weighted by atomic mass is 16.5. The molecule has 4 rings (SSSR count). The molecule has 2 aromatic carbocycles. The van der Waals surface area contributed by atoms with Crippen LogP contribution >= 0.6 is 0 Å². The van der Waals surface area contributed by atoms with Gasteiger partial charge in [-0.25, -0.2) is 4.79 Å². The molecule has 0 aromatic heterocycles. The second-order valence-corrected chi connectivity index (χ2v) is 7.97. The second-order valence-electron chi connectivity index (χ2n) is 7.97. The van der Waals surface area contributed by atoms with E-state index >= 15 is 0 Å². The molecule has 0 spiro atoms. The van der Waals surface area contributed by atoms with Crippen LogP contribution < -0.4 is 15.5 Å². The summed E-state index contributed by atoms with van der Waals surface area (Å²) in [6, 6.07) is 17.3. The maximum atomic E-state index is 12.7. The summed E-state index contributed by atoms with van der Waals surface area (Å²) in [5, 5.41) is 15.1. The summed E-state index contributed by atoms with van der Waals surface area (Å²) in [4.78, 5) is 15.0. The van der Waals surface area contributed by atoms with Gasteiger partial charge in [0.2, 0.25) is 0 Å². The summed E-state index contributed by atoms with van der Waals surface area (Å²) in [5.41, 5.74) is 4.89. The summed E-state index contributed by atoms with van der Waals surface area (Å²) in [7, 11) is 0. The lowest BCUT2D eigenvalue weighted by molar-refractivity contribution is -0.144. The first-order chi connectivity index (χ1) is 16.1. The van der Waals surface area contributed by atoms with Crippen LogP contribution in [-0.2, 0) is 14.3 Å². The minimum atomic E-state index is -0.659. The van der Waals surface area contributed by atoms with Crippen LogP contribution in [0.15, 0.2) is 72.1 Å². The Balaban J connectivity index is 1.72. The standard InChI is InChI=1S/C26H30N4O3/c1-3-33-26(31)23-17-22(19-9-11-21(12-10-19)30-13-15-32-16-14-30)24(18(2)27)25(29-23)28-20-7-5-4-6-8-20/h4-12,17,23,27-29H,3,13-16H2,1-2H3. The number of rotatable bonds is 7. The second kappa shape index (κ2) is 10.4. The quantitative estimate of drug-likeness (QED) is 0.443. The van der Waals surface area contributed by atoms with E-state index in [0.29, 0.717) is 18.1 Å². The van der Waals surface area contributed by atoms with Crippen molar-refractivity contribution in [1.82, 2.24) is 5.32 Å². The third-order valence-electron chi connectivity index (χ3n) is 5.67. The van der Waals surface area contributed by atoms with Crippen LogP contribution in [0.2, 0.25) is 0 Å². The number of nitrogens with zero attached hydrogens (tertiary/aromatic N) is 1. The van der Waals surface area contributed by atoms with Crippen LogP contribution in [-0.4, -0.2) is 50.6 Å². The van der Waals surface area contributed by atoms with Crippen molar-refractivity contribution < 1.29 is 14.3 Å². The highest BCUT2D eigenvalue weighted by molar-refractivity contribution is 6.12. The zero-order valence-electron chi connectivity index (χ0n) is 19.1. The van der Waals surface area contributed by atoms with Crippen molar-refractivity contribution in [1.29, 1.82) is 5.41 Å². The largest absolute Gasteiger partial charge is 0.464 e. The molecule has 1 saturated heterocycles. The summed E-state index contributed by atoms with van der Waals surface area (Å²) >= 11 is 0. The highest BCUT2D eigenvalue weighted by Crippen LogP contribution is 2.32. The molecule has 1 unspecified atom stereocenters. The lowest BCUT2D eigenvalue weighted by atomic mass is 9.90. The number of esters is 1. The molecule has 7 nitrogen and oxygen atoms in total. The maximum Gasteiger partial charge on any atom is 0.332 e. The van der Waals surface area contributed by atoms with Crippen molar-refractivity contribution in [2.75, 3.05) is 43.1 Å². The highest BCUT2D eigenvalue weighted by Gasteiger charge is 2.29. The van der Waals surface area contributed by atoms with Crippen LogP contribution in [0.1, 0.15) is 19.4 Å². The van der Waals surface area contributed by atoms with E-state index in [9.17, 15) is 4.79 Å². The molecule has 3 N–H and O–H groups in total. The zero-order valence-corrected chi connectivity index (χ0v) is 19.1. The van der Waals surface area contributed by atoms with E-state index in [1.54, 1.807) is 13.8 Å². The van der Waals surface area contributed by atoms with E-state index in [0.717, 1.165) is 54.4 Å². The number of ether oxygens (including phenoxy) is 2. The Bertz CT molecular complexity index is 1050. The Morgan fingerprint density at radius 3 is 2.48 bits per heavy atom. The molecule has 2 aliphatic heterocycles. The number of hydrogen-bond acceptors (Lipinski definition) is 7. The number of anilines is 2. The van der Waals surface area contributed by atoms with Crippen molar-refractivity contribution >= 4 is 28.6 Å². The lowest BCUT2D eigenvalue weighted by Crippen LogP contribution is -2.42. The molecule has 0 radical (unpaired) electrons. The van der Waals surface area contributed by atoms with Gasteiger partial charge >= 0.3 is 5.97 Å². The number of morpholine rings is 1. The predicted molar refractivity (Wildman–Crippen MR) is 131 cm³/mol. The average molecular weight is 447 g/mol. The summed E-state index contributed by atoms with van der Waals surface area (Å²) in [5.74, 6) is 0.260. The third kappa shape index (κ3) is 5.26. The van der Waals surface area contributed by atoms with E-state index in [2.05, 4.69) is 27.7 Å². The summed E-state index contributed by atoms with van der Waals surface area (Å²) in [6.45, 7) is 7.05. The van der Waals surface area contributed by atoms with Crippen LogP contribution in [0.4, 0.5) is 11.4 Å². The molecule has 0 bridgehead atoms. The normalized spacial score (nSPS) is 18.3. The van der Waals surface area contributed by atoms with Crippen molar-refractivity contribution in [2.45, 2.75) is 19.9 Å².